The van der Waals surface area contributed by atoms with Crippen molar-refractivity contribution in [2.45, 2.75) is 0 Å². The molecule has 0 aliphatic rings. The van der Waals surface area contributed by atoms with Crippen molar-refractivity contribution in [3.63, 3.8) is 0 Å². The van der Waals surface area contributed by atoms with E-state index >= 15 is 0 Å². The summed E-state index contributed by atoms with van der Waals surface area (Å²) in [7, 11) is 0. The van der Waals surface area contributed by atoms with E-state index in [4.69, 9.17) is 0 Å². The molecule has 0 saturated heterocycles. The van der Waals surface area contributed by atoms with E-state index in [0.717, 1.165) is 5.52 Å². The molecule has 0 saturated carbocycles. The van der Waals surface area contributed by atoms with Gasteiger partial charge in [-0.3, -0.25) is 0 Å². The number of thiophene rings is 1. The average Bonchev–Trinajstić information content (AvgIpc) is 2.62. The molecule has 3 aromatic rings. The molecule has 0 aliphatic heterocycles. The SMILES string of the molecule is c1ccc2c(c1)sc1[se]nnc12. The predicted octanol–water partition coefficient (Wildman–Crippen LogP) is 1.90. The van der Waals surface area contributed by atoms with Crippen molar-refractivity contribution in [1.82, 2.24) is 9.19 Å². The number of hydrogen-bond donors (Lipinski definition) is 0. The molecule has 12 heavy (non-hydrogen) atoms. The summed E-state index contributed by atoms with van der Waals surface area (Å²) < 4.78 is 6.76. The van der Waals surface area contributed by atoms with Crippen LogP contribution in [0.5, 0.6) is 0 Å². The van der Waals surface area contributed by atoms with E-state index in [0.29, 0.717) is 0 Å². The predicted molar refractivity (Wildman–Crippen MR) is 51.9 cm³/mol. The van der Waals surface area contributed by atoms with Crippen LogP contribution in [0.15, 0.2) is 24.3 Å². The van der Waals surface area contributed by atoms with Crippen molar-refractivity contribution in [3.8, 4) is 0 Å². The quantitative estimate of drug-likeness (QED) is 0.560. The Kier molecular flexibility index (Phi) is 1.35. The first-order valence-corrected chi connectivity index (χ1v) is 5.99. The minimum atomic E-state index is 0.249. The second-order valence-electron chi connectivity index (χ2n) is 2.51. The Hall–Kier alpha value is -0.701. The topological polar surface area (TPSA) is 25.8 Å². The zero-order chi connectivity index (χ0) is 7.97. The van der Waals surface area contributed by atoms with Crippen LogP contribution in [0.3, 0.4) is 0 Å². The van der Waals surface area contributed by atoms with Crippen LogP contribution in [0.2, 0.25) is 0 Å². The monoisotopic (exact) mass is 240 g/mol. The normalized spacial score (nSPS) is 11.3. The van der Waals surface area contributed by atoms with Crippen LogP contribution in [-0.4, -0.2) is 23.9 Å². The molecule has 0 bridgehead atoms. The molecule has 0 amide bonds. The Labute approximate surface area is 78.8 Å². The molecule has 0 fully saturated rings. The Balaban J connectivity index is 2.68. The van der Waals surface area contributed by atoms with Crippen molar-refractivity contribution in [3.05, 3.63) is 24.3 Å². The standard InChI is InChI=1S/C8H4N2SSe/c1-2-4-6-5(3-1)7-8(11-6)12-10-9-7/h1-4H. The Morgan fingerprint density at radius 1 is 1.25 bits per heavy atom. The van der Waals surface area contributed by atoms with Gasteiger partial charge in [0.05, 0.1) is 0 Å². The molecule has 2 aromatic heterocycles. The zero-order valence-corrected chi connectivity index (χ0v) is 8.55. The molecule has 0 radical (unpaired) electrons. The number of hydrogen-bond acceptors (Lipinski definition) is 3. The molecular formula is C8H4N2SSe. The van der Waals surface area contributed by atoms with Gasteiger partial charge in [0.25, 0.3) is 0 Å². The van der Waals surface area contributed by atoms with Gasteiger partial charge < -0.3 is 0 Å². The molecule has 0 spiro atoms. The van der Waals surface area contributed by atoms with E-state index in [1.54, 1.807) is 0 Å². The van der Waals surface area contributed by atoms with Gasteiger partial charge in [-0.1, -0.05) is 0 Å². The van der Waals surface area contributed by atoms with E-state index in [9.17, 15) is 0 Å². The van der Waals surface area contributed by atoms with E-state index in [1.807, 2.05) is 11.3 Å². The van der Waals surface area contributed by atoms with Crippen molar-refractivity contribution < 1.29 is 0 Å². The summed E-state index contributed by atoms with van der Waals surface area (Å²) in [6, 6.07) is 8.38. The first-order valence-electron chi connectivity index (χ1n) is 3.55. The fourth-order valence-corrected chi connectivity index (χ4v) is 4.05. The van der Waals surface area contributed by atoms with Gasteiger partial charge in [-0.25, -0.2) is 0 Å². The van der Waals surface area contributed by atoms with Crippen LogP contribution < -0.4 is 0 Å². The van der Waals surface area contributed by atoms with E-state index in [2.05, 4.69) is 33.5 Å². The molecule has 2 heterocycles. The summed E-state index contributed by atoms with van der Waals surface area (Å²) >= 11 is 2.08. The van der Waals surface area contributed by atoms with Gasteiger partial charge in [0.1, 0.15) is 0 Å². The third-order valence-electron chi connectivity index (χ3n) is 1.80. The fraction of sp³-hybridized carbons (Fsp3) is 0. The van der Waals surface area contributed by atoms with Crippen molar-refractivity contribution >= 4 is 45.2 Å². The van der Waals surface area contributed by atoms with Crippen LogP contribution >= 0.6 is 11.3 Å². The van der Waals surface area contributed by atoms with Gasteiger partial charge in [-0.2, -0.15) is 0 Å². The maximum absolute atomic E-state index is 4.15. The third kappa shape index (κ3) is 0.800. The molecule has 0 atom stereocenters. The molecule has 1 aromatic carbocycles. The summed E-state index contributed by atoms with van der Waals surface area (Å²) in [4.78, 5) is 0. The molecule has 3 rings (SSSR count). The Morgan fingerprint density at radius 2 is 2.17 bits per heavy atom. The zero-order valence-electron chi connectivity index (χ0n) is 6.02. The van der Waals surface area contributed by atoms with E-state index in [-0.39, 0.29) is 14.7 Å². The molecule has 0 unspecified atom stereocenters. The molecule has 2 nitrogen and oxygen atoms in total. The summed E-state index contributed by atoms with van der Waals surface area (Å²) in [5.41, 5.74) is 1.12. The van der Waals surface area contributed by atoms with Crippen LogP contribution in [0.25, 0.3) is 19.2 Å². The van der Waals surface area contributed by atoms with Crippen molar-refractivity contribution in [2.75, 3.05) is 0 Å². The fourth-order valence-electron chi connectivity index (χ4n) is 1.26. The second kappa shape index (κ2) is 2.39. The molecular weight excluding hydrogens is 235 g/mol. The summed E-state index contributed by atoms with van der Waals surface area (Å²) in [6.07, 6.45) is 0. The van der Waals surface area contributed by atoms with Gasteiger partial charge in [0, 0.05) is 0 Å². The third-order valence-corrected chi connectivity index (χ3v) is 4.77. The van der Waals surface area contributed by atoms with Crippen LogP contribution in [0.4, 0.5) is 0 Å². The number of nitrogens with zero attached hydrogens (tertiary/aromatic N) is 2. The first kappa shape index (κ1) is 6.78. The first-order chi connectivity index (χ1) is 5.95. The van der Waals surface area contributed by atoms with Crippen LogP contribution in [0, 0.1) is 0 Å². The number of rotatable bonds is 0. The van der Waals surface area contributed by atoms with Gasteiger partial charge in [-0.15, -0.1) is 0 Å². The second-order valence-corrected chi connectivity index (χ2v) is 5.72. The number of fused-ring (bicyclic) bond motifs is 3. The van der Waals surface area contributed by atoms with Gasteiger partial charge in [0.15, 0.2) is 0 Å². The van der Waals surface area contributed by atoms with Crippen molar-refractivity contribution in [2.24, 2.45) is 0 Å². The van der Waals surface area contributed by atoms with Gasteiger partial charge in [-0.05, 0) is 0 Å². The van der Waals surface area contributed by atoms with Gasteiger partial charge in [0.2, 0.25) is 0 Å². The van der Waals surface area contributed by atoms with Crippen LogP contribution in [0.1, 0.15) is 0 Å². The Bertz CT molecular complexity index is 539. The minimum absolute atomic E-state index is 0.249. The maximum atomic E-state index is 4.15. The molecule has 0 N–H and O–H groups in total. The molecule has 4 heteroatoms. The summed E-state index contributed by atoms with van der Waals surface area (Å²) in [5, 5.41) is 5.42. The molecule has 0 aliphatic carbocycles. The summed E-state index contributed by atoms with van der Waals surface area (Å²) in [5.74, 6) is 0. The van der Waals surface area contributed by atoms with Gasteiger partial charge >= 0.3 is 78.7 Å². The van der Waals surface area contributed by atoms with Crippen LogP contribution in [-0.2, 0) is 0 Å². The average molecular weight is 239 g/mol. The van der Waals surface area contributed by atoms with E-state index < -0.39 is 0 Å². The Morgan fingerprint density at radius 3 is 3.17 bits per heavy atom. The summed E-state index contributed by atoms with van der Waals surface area (Å²) in [6.45, 7) is 0. The molecule has 58 valence electrons. The van der Waals surface area contributed by atoms with E-state index in [1.165, 1.54) is 13.7 Å². The number of aromatic nitrogens is 2. The van der Waals surface area contributed by atoms with Crippen molar-refractivity contribution in [1.29, 1.82) is 0 Å². The number of benzene rings is 1.